The second-order valence-corrected chi connectivity index (χ2v) is 8.42. The van der Waals surface area contributed by atoms with E-state index in [-0.39, 0.29) is 12.5 Å². The summed E-state index contributed by atoms with van der Waals surface area (Å²) in [6, 6.07) is 15.6. The van der Waals surface area contributed by atoms with Crippen LogP contribution in [0, 0.1) is 0 Å². The highest BCUT2D eigenvalue weighted by molar-refractivity contribution is 6.35. The molecule has 0 fully saturated rings. The van der Waals surface area contributed by atoms with Crippen molar-refractivity contribution in [3.63, 3.8) is 0 Å². The van der Waals surface area contributed by atoms with Gasteiger partial charge in [-0.3, -0.25) is 4.79 Å². The fourth-order valence-corrected chi connectivity index (χ4v) is 3.62. The number of halogens is 2. The van der Waals surface area contributed by atoms with E-state index in [1.54, 1.807) is 48.5 Å². The van der Waals surface area contributed by atoms with E-state index in [1.807, 2.05) is 19.9 Å². The molecule has 0 aliphatic rings. The van der Waals surface area contributed by atoms with Gasteiger partial charge in [-0.1, -0.05) is 36.2 Å². The average Bonchev–Trinajstić information content (AvgIpc) is 2.87. The lowest BCUT2D eigenvalue weighted by atomic mass is 10.2. The number of hydrogen-bond donors (Lipinski definition) is 1. The summed E-state index contributed by atoms with van der Waals surface area (Å²) >= 11 is 12.2. The number of hydrazone groups is 1. The number of ether oxygens (including phenoxy) is 4. The molecule has 3 aromatic rings. The van der Waals surface area contributed by atoms with Crippen LogP contribution in [0.5, 0.6) is 23.0 Å². The second-order valence-electron chi connectivity index (χ2n) is 7.58. The lowest BCUT2D eigenvalue weighted by Gasteiger charge is -2.13. The molecule has 0 bridgehead atoms. The van der Waals surface area contributed by atoms with Crippen molar-refractivity contribution in [3.8, 4) is 23.0 Å². The lowest BCUT2D eigenvalue weighted by Crippen LogP contribution is -2.17. The smallest absolute Gasteiger partial charge is 0.271 e. The molecular weight excluding hydrogens is 503 g/mol. The highest BCUT2D eigenvalue weighted by atomic mass is 35.5. The molecular formula is C27H28Cl2N2O5. The van der Waals surface area contributed by atoms with E-state index in [2.05, 4.69) is 10.5 Å². The Morgan fingerprint density at radius 1 is 0.917 bits per heavy atom. The molecule has 0 atom stereocenters. The van der Waals surface area contributed by atoms with Crippen molar-refractivity contribution in [2.45, 2.75) is 26.9 Å². The zero-order valence-electron chi connectivity index (χ0n) is 20.3. The summed E-state index contributed by atoms with van der Waals surface area (Å²) in [5.74, 6) is 1.80. The van der Waals surface area contributed by atoms with E-state index < -0.39 is 0 Å². The predicted octanol–water partition coefficient (Wildman–Crippen LogP) is 6.53. The van der Waals surface area contributed by atoms with Gasteiger partial charge in [-0.2, -0.15) is 5.10 Å². The van der Waals surface area contributed by atoms with Crippen LogP contribution < -0.4 is 24.4 Å². The molecule has 1 N–H and O–H groups in total. The Bertz CT molecular complexity index is 1220. The van der Waals surface area contributed by atoms with Gasteiger partial charge in [0.1, 0.15) is 6.61 Å². The van der Waals surface area contributed by atoms with Gasteiger partial charge in [0.2, 0.25) is 0 Å². The van der Waals surface area contributed by atoms with Gasteiger partial charge in [-0.15, -0.1) is 0 Å². The van der Waals surface area contributed by atoms with Crippen molar-refractivity contribution < 1.29 is 23.7 Å². The van der Waals surface area contributed by atoms with Gasteiger partial charge in [-0.25, -0.2) is 5.43 Å². The fourth-order valence-electron chi connectivity index (χ4n) is 3.16. The van der Waals surface area contributed by atoms with Crippen molar-refractivity contribution in [1.29, 1.82) is 0 Å². The van der Waals surface area contributed by atoms with Gasteiger partial charge in [-0.05, 0) is 67.4 Å². The van der Waals surface area contributed by atoms with Crippen molar-refractivity contribution in [1.82, 2.24) is 5.43 Å². The zero-order valence-corrected chi connectivity index (χ0v) is 21.9. The van der Waals surface area contributed by atoms with E-state index in [1.165, 1.54) is 13.3 Å². The largest absolute Gasteiger partial charge is 0.493 e. The van der Waals surface area contributed by atoms with Gasteiger partial charge >= 0.3 is 0 Å². The molecule has 0 spiro atoms. The Labute approximate surface area is 220 Å². The maximum atomic E-state index is 12.5. The van der Waals surface area contributed by atoms with E-state index in [4.69, 9.17) is 42.1 Å². The number of nitrogens with zero attached hydrogens (tertiary/aromatic N) is 1. The normalized spacial score (nSPS) is 10.8. The summed E-state index contributed by atoms with van der Waals surface area (Å²) in [6.07, 6.45) is 2.39. The van der Waals surface area contributed by atoms with Crippen molar-refractivity contribution in [3.05, 3.63) is 81.3 Å². The minimum absolute atomic E-state index is 0.255. The number of benzene rings is 3. The molecule has 0 saturated heterocycles. The highest BCUT2D eigenvalue weighted by Crippen LogP contribution is 2.31. The third kappa shape index (κ3) is 7.54. The molecule has 0 aromatic heterocycles. The molecule has 0 unspecified atom stereocenters. The SMILES string of the molecule is CCCOc1ccc(C(=O)N/N=C/c2ccc(OCc3ccc(Cl)cc3Cl)c(OCC)c2)cc1OC. The van der Waals surface area contributed by atoms with Crippen molar-refractivity contribution >= 4 is 35.3 Å². The molecule has 7 nitrogen and oxygen atoms in total. The minimum atomic E-state index is -0.378. The maximum Gasteiger partial charge on any atom is 0.271 e. The summed E-state index contributed by atoms with van der Waals surface area (Å²) in [5.41, 5.74) is 4.44. The molecule has 9 heteroatoms. The van der Waals surface area contributed by atoms with Crippen LogP contribution in [-0.2, 0) is 6.61 Å². The molecule has 190 valence electrons. The van der Waals surface area contributed by atoms with E-state index in [9.17, 15) is 4.79 Å². The van der Waals surface area contributed by atoms with E-state index >= 15 is 0 Å². The summed E-state index contributed by atoms with van der Waals surface area (Å²) in [7, 11) is 1.53. The Morgan fingerprint density at radius 2 is 1.69 bits per heavy atom. The third-order valence-corrected chi connectivity index (χ3v) is 5.52. The molecule has 0 radical (unpaired) electrons. The van der Waals surface area contributed by atoms with Gasteiger partial charge in [0.15, 0.2) is 23.0 Å². The number of methoxy groups -OCH3 is 1. The van der Waals surface area contributed by atoms with Crippen LogP contribution in [0.1, 0.15) is 41.8 Å². The summed E-state index contributed by atoms with van der Waals surface area (Å²) in [5, 5.41) is 5.16. The number of carbonyl (C=O) groups excluding carboxylic acids is 1. The van der Waals surface area contributed by atoms with Crippen LogP contribution in [-0.4, -0.2) is 32.4 Å². The zero-order chi connectivity index (χ0) is 25.9. The third-order valence-electron chi connectivity index (χ3n) is 4.93. The summed E-state index contributed by atoms with van der Waals surface area (Å²) in [6.45, 7) is 5.17. The molecule has 0 heterocycles. The topological polar surface area (TPSA) is 78.4 Å². The fraction of sp³-hybridized carbons (Fsp3) is 0.259. The van der Waals surface area contributed by atoms with Crippen molar-refractivity contribution in [2.24, 2.45) is 5.10 Å². The second kappa shape index (κ2) is 13.6. The molecule has 3 rings (SSSR count). The Morgan fingerprint density at radius 3 is 2.42 bits per heavy atom. The van der Waals surface area contributed by atoms with Crippen LogP contribution in [0.3, 0.4) is 0 Å². The van der Waals surface area contributed by atoms with Crippen LogP contribution in [0.4, 0.5) is 0 Å². The molecule has 0 aliphatic heterocycles. The minimum Gasteiger partial charge on any atom is -0.493 e. The number of nitrogens with one attached hydrogen (secondary N) is 1. The monoisotopic (exact) mass is 530 g/mol. The first-order chi connectivity index (χ1) is 17.4. The first-order valence-electron chi connectivity index (χ1n) is 11.4. The quantitative estimate of drug-likeness (QED) is 0.212. The summed E-state index contributed by atoms with van der Waals surface area (Å²) < 4.78 is 22.6. The Kier molecular flexibility index (Phi) is 10.3. The van der Waals surface area contributed by atoms with E-state index in [0.717, 1.165) is 17.5 Å². The van der Waals surface area contributed by atoms with Gasteiger partial charge < -0.3 is 18.9 Å². The molecule has 36 heavy (non-hydrogen) atoms. The number of rotatable bonds is 12. The first-order valence-corrected chi connectivity index (χ1v) is 12.2. The molecule has 1 amide bonds. The highest BCUT2D eigenvalue weighted by Gasteiger charge is 2.11. The molecule has 0 saturated carbocycles. The number of hydrogen-bond acceptors (Lipinski definition) is 6. The first kappa shape index (κ1) is 27.2. The van der Waals surface area contributed by atoms with Crippen LogP contribution in [0.15, 0.2) is 59.7 Å². The maximum absolute atomic E-state index is 12.5. The summed E-state index contributed by atoms with van der Waals surface area (Å²) in [4.78, 5) is 12.5. The van der Waals surface area contributed by atoms with Crippen molar-refractivity contribution in [2.75, 3.05) is 20.3 Å². The predicted molar refractivity (Wildman–Crippen MR) is 142 cm³/mol. The number of amides is 1. The Balaban J connectivity index is 1.66. The van der Waals surface area contributed by atoms with Crippen LogP contribution in [0.25, 0.3) is 0 Å². The van der Waals surface area contributed by atoms with E-state index in [0.29, 0.717) is 51.8 Å². The van der Waals surface area contributed by atoms with Gasteiger partial charge in [0.05, 0.1) is 26.5 Å². The molecule has 0 aliphatic carbocycles. The lowest BCUT2D eigenvalue weighted by molar-refractivity contribution is 0.0954. The van der Waals surface area contributed by atoms with Crippen LogP contribution in [0.2, 0.25) is 10.0 Å². The van der Waals surface area contributed by atoms with Gasteiger partial charge in [0, 0.05) is 21.2 Å². The standard InChI is InChI=1S/C27H28Cl2N2O5/c1-4-12-35-23-11-8-19(14-25(23)33-3)27(32)31-30-16-18-6-10-24(26(13-18)34-5-2)36-17-20-7-9-21(28)15-22(20)29/h6-11,13-16H,4-5,12,17H2,1-3H3,(H,31,32)/b30-16+. The Hall–Kier alpha value is -3.42. The van der Waals surface area contributed by atoms with Gasteiger partial charge in [0.25, 0.3) is 5.91 Å². The average molecular weight is 531 g/mol. The molecule has 3 aromatic carbocycles. The number of carbonyl (C=O) groups is 1. The van der Waals surface area contributed by atoms with Crippen LogP contribution >= 0.6 is 23.2 Å².